The average molecular weight is 344 g/mol. The van der Waals surface area contributed by atoms with Crippen LogP contribution in [0.2, 0.25) is 0 Å². The molecule has 0 unspecified atom stereocenters. The third kappa shape index (κ3) is 5.20. The van der Waals surface area contributed by atoms with E-state index in [9.17, 15) is 14.4 Å². The maximum atomic E-state index is 12.3. The number of carboxylic acid groups (broad SMARTS) is 1. The molecule has 2 amide bonds. The Balaban J connectivity index is 1.96. The summed E-state index contributed by atoms with van der Waals surface area (Å²) in [5.41, 5.74) is 2.12. The Kier molecular flexibility index (Phi) is 5.94. The van der Waals surface area contributed by atoms with Crippen molar-refractivity contribution in [2.24, 2.45) is 0 Å². The van der Waals surface area contributed by atoms with Crippen LogP contribution in [0.1, 0.15) is 41.4 Å². The van der Waals surface area contributed by atoms with Gasteiger partial charge in [0.15, 0.2) is 5.76 Å². The smallest absolute Gasteiger partial charge is 0.322 e. The second-order valence-corrected chi connectivity index (χ2v) is 5.86. The van der Waals surface area contributed by atoms with Gasteiger partial charge >= 0.3 is 5.97 Å². The first-order valence-electron chi connectivity index (χ1n) is 7.83. The fraction of sp³-hybridized carbons (Fsp3) is 0.278. The zero-order chi connectivity index (χ0) is 18.4. The van der Waals surface area contributed by atoms with E-state index in [1.165, 1.54) is 6.26 Å². The summed E-state index contributed by atoms with van der Waals surface area (Å²) >= 11 is 0. The monoisotopic (exact) mass is 344 g/mol. The number of furan rings is 1. The quantitative estimate of drug-likeness (QED) is 0.715. The first kappa shape index (κ1) is 18.3. The Labute approximate surface area is 145 Å². The van der Waals surface area contributed by atoms with Crippen molar-refractivity contribution in [3.8, 4) is 0 Å². The number of hydrogen-bond donors (Lipinski definition) is 3. The third-order valence-corrected chi connectivity index (χ3v) is 3.54. The van der Waals surface area contributed by atoms with Crippen molar-refractivity contribution < 1.29 is 23.9 Å². The molecule has 0 saturated heterocycles. The predicted octanol–water partition coefficient (Wildman–Crippen LogP) is 2.40. The van der Waals surface area contributed by atoms with Crippen LogP contribution in [0.3, 0.4) is 0 Å². The van der Waals surface area contributed by atoms with E-state index in [-0.39, 0.29) is 29.9 Å². The van der Waals surface area contributed by atoms with Crippen molar-refractivity contribution >= 4 is 23.5 Å². The molecule has 0 radical (unpaired) electrons. The van der Waals surface area contributed by atoms with Crippen LogP contribution in [-0.4, -0.2) is 29.4 Å². The Morgan fingerprint density at radius 2 is 1.80 bits per heavy atom. The lowest BCUT2D eigenvalue weighted by molar-refractivity contribution is -0.137. The summed E-state index contributed by atoms with van der Waals surface area (Å²) in [6, 6.07) is 8.52. The van der Waals surface area contributed by atoms with Gasteiger partial charge in [0.1, 0.15) is 6.54 Å². The molecular weight excluding hydrogens is 324 g/mol. The molecule has 3 N–H and O–H groups in total. The molecule has 1 heterocycles. The molecule has 0 aliphatic rings. The molecule has 0 aliphatic heterocycles. The number of amides is 2. The van der Waals surface area contributed by atoms with Crippen LogP contribution in [0.25, 0.3) is 0 Å². The standard InChI is InChI=1S/C18H20N2O5/c1-11(2)14-7-8-25-17(14)18(24)20-13-5-3-12(4-6-13)9-15(21)19-10-16(22)23/h3-8,11H,9-10H2,1-2H3,(H,19,21)(H,20,24)(H,22,23). The van der Waals surface area contributed by atoms with Crippen LogP contribution >= 0.6 is 0 Å². The highest BCUT2D eigenvalue weighted by atomic mass is 16.4. The molecular formula is C18H20N2O5. The van der Waals surface area contributed by atoms with E-state index in [4.69, 9.17) is 9.52 Å². The first-order chi connectivity index (χ1) is 11.9. The molecule has 0 spiro atoms. The first-order valence-corrected chi connectivity index (χ1v) is 7.83. The maximum absolute atomic E-state index is 12.3. The lowest BCUT2D eigenvalue weighted by Gasteiger charge is -2.08. The molecule has 25 heavy (non-hydrogen) atoms. The fourth-order valence-electron chi connectivity index (χ4n) is 2.27. The van der Waals surface area contributed by atoms with E-state index >= 15 is 0 Å². The molecule has 1 aromatic carbocycles. The molecule has 132 valence electrons. The number of aliphatic carboxylic acids is 1. The number of carbonyl (C=O) groups is 3. The van der Waals surface area contributed by atoms with E-state index in [1.807, 2.05) is 13.8 Å². The minimum absolute atomic E-state index is 0.0667. The second-order valence-electron chi connectivity index (χ2n) is 5.86. The number of carboxylic acids is 1. The van der Waals surface area contributed by atoms with Gasteiger partial charge in [-0.1, -0.05) is 26.0 Å². The van der Waals surface area contributed by atoms with Gasteiger partial charge in [-0.3, -0.25) is 14.4 Å². The highest BCUT2D eigenvalue weighted by Gasteiger charge is 2.17. The van der Waals surface area contributed by atoms with Crippen LogP contribution in [0.4, 0.5) is 5.69 Å². The number of hydrogen-bond acceptors (Lipinski definition) is 4. The van der Waals surface area contributed by atoms with Crippen molar-refractivity contribution in [1.82, 2.24) is 5.32 Å². The van der Waals surface area contributed by atoms with E-state index in [0.29, 0.717) is 11.3 Å². The van der Waals surface area contributed by atoms with Gasteiger partial charge in [-0.25, -0.2) is 0 Å². The highest BCUT2D eigenvalue weighted by Crippen LogP contribution is 2.22. The summed E-state index contributed by atoms with van der Waals surface area (Å²) in [6.07, 6.45) is 1.56. The van der Waals surface area contributed by atoms with E-state index in [2.05, 4.69) is 10.6 Å². The fourth-order valence-corrected chi connectivity index (χ4v) is 2.27. The lowest BCUT2D eigenvalue weighted by atomic mass is 10.0. The Bertz CT molecular complexity index is 762. The Morgan fingerprint density at radius 1 is 1.12 bits per heavy atom. The van der Waals surface area contributed by atoms with Gasteiger partial charge in [-0.2, -0.15) is 0 Å². The summed E-state index contributed by atoms with van der Waals surface area (Å²) in [7, 11) is 0. The van der Waals surface area contributed by atoms with Crippen LogP contribution in [-0.2, 0) is 16.0 Å². The molecule has 7 heteroatoms. The van der Waals surface area contributed by atoms with Crippen LogP contribution < -0.4 is 10.6 Å². The van der Waals surface area contributed by atoms with Crippen molar-refractivity contribution in [2.75, 3.05) is 11.9 Å². The van der Waals surface area contributed by atoms with Crippen LogP contribution in [0, 0.1) is 0 Å². The van der Waals surface area contributed by atoms with Crippen molar-refractivity contribution in [3.05, 3.63) is 53.5 Å². The van der Waals surface area contributed by atoms with E-state index in [1.54, 1.807) is 30.3 Å². The number of rotatable bonds is 7. The van der Waals surface area contributed by atoms with Gasteiger partial charge < -0.3 is 20.2 Å². The predicted molar refractivity (Wildman–Crippen MR) is 91.5 cm³/mol. The molecule has 0 saturated carbocycles. The normalized spacial score (nSPS) is 10.5. The van der Waals surface area contributed by atoms with Crippen molar-refractivity contribution in [1.29, 1.82) is 0 Å². The SMILES string of the molecule is CC(C)c1ccoc1C(=O)Nc1ccc(CC(=O)NCC(=O)O)cc1. The van der Waals surface area contributed by atoms with Gasteiger partial charge in [-0.05, 0) is 29.7 Å². The molecule has 0 atom stereocenters. The zero-order valence-electron chi connectivity index (χ0n) is 14.0. The van der Waals surface area contributed by atoms with Crippen LogP contribution in [0.5, 0.6) is 0 Å². The summed E-state index contributed by atoms with van der Waals surface area (Å²) in [5, 5.41) is 13.6. The largest absolute Gasteiger partial charge is 0.480 e. The Morgan fingerprint density at radius 3 is 2.40 bits per heavy atom. The third-order valence-electron chi connectivity index (χ3n) is 3.54. The maximum Gasteiger partial charge on any atom is 0.322 e. The minimum atomic E-state index is -1.09. The van der Waals surface area contributed by atoms with E-state index < -0.39 is 12.5 Å². The van der Waals surface area contributed by atoms with Gasteiger partial charge in [0.05, 0.1) is 12.7 Å². The molecule has 0 bridgehead atoms. The molecule has 7 nitrogen and oxygen atoms in total. The highest BCUT2D eigenvalue weighted by molar-refractivity contribution is 6.03. The summed E-state index contributed by atoms with van der Waals surface area (Å²) in [5.74, 6) is -1.35. The topological polar surface area (TPSA) is 109 Å². The summed E-state index contributed by atoms with van der Waals surface area (Å²) < 4.78 is 5.27. The number of benzene rings is 1. The van der Waals surface area contributed by atoms with Gasteiger partial charge in [0, 0.05) is 11.3 Å². The van der Waals surface area contributed by atoms with Gasteiger partial charge in [-0.15, -0.1) is 0 Å². The molecule has 1 aromatic heterocycles. The van der Waals surface area contributed by atoms with Gasteiger partial charge in [0.2, 0.25) is 5.91 Å². The second kappa shape index (κ2) is 8.14. The van der Waals surface area contributed by atoms with Crippen LogP contribution in [0.15, 0.2) is 41.0 Å². The molecule has 2 rings (SSSR count). The average Bonchev–Trinajstić information content (AvgIpc) is 3.05. The lowest BCUT2D eigenvalue weighted by Crippen LogP contribution is -2.30. The minimum Gasteiger partial charge on any atom is -0.480 e. The van der Waals surface area contributed by atoms with Crippen molar-refractivity contribution in [3.63, 3.8) is 0 Å². The Hall–Kier alpha value is -3.09. The molecule has 0 aliphatic carbocycles. The molecule has 0 fully saturated rings. The number of carbonyl (C=O) groups excluding carboxylic acids is 2. The van der Waals surface area contributed by atoms with Gasteiger partial charge in [0.25, 0.3) is 5.91 Å². The zero-order valence-corrected chi connectivity index (χ0v) is 14.0. The summed E-state index contributed by atoms with van der Waals surface area (Å²) in [6.45, 7) is 3.55. The van der Waals surface area contributed by atoms with E-state index in [0.717, 1.165) is 5.56 Å². The molecule has 2 aromatic rings. The van der Waals surface area contributed by atoms with Crippen molar-refractivity contribution in [2.45, 2.75) is 26.2 Å². The summed E-state index contributed by atoms with van der Waals surface area (Å²) in [4.78, 5) is 34.3. The number of anilines is 1. The number of nitrogens with one attached hydrogen (secondary N) is 2.